The van der Waals surface area contributed by atoms with E-state index < -0.39 is 24.0 Å². The number of amides is 1. The number of nitrogens with zero attached hydrogens (tertiary/aromatic N) is 1. The van der Waals surface area contributed by atoms with E-state index in [1.165, 1.54) is 7.11 Å². The molecule has 0 aliphatic carbocycles. The van der Waals surface area contributed by atoms with Gasteiger partial charge in [0.15, 0.2) is 6.61 Å². The minimum absolute atomic E-state index is 0. The Morgan fingerprint density at radius 1 is 1.12 bits per heavy atom. The van der Waals surface area contributed by atoms with Gasteiger partial charge in [0.05, 0.1) is 18.7 Å². The molecule has 3 heterocycles. The number of cyclic esters (lactones) is 1. The van der Waals surface area contributed by atoms with Gasteiger partial charge in [-0.25, -0.2) is 9.59 Å². The third-order valence-electron chi connectivity index (χ3n) is 5.68. The van der Waals surface area contributed by atoms with E-state index in [0.717, 1.165) is 27.7 Å². The Hall–Kier alpha value is -3.16. The molecule has 3 aromatic rings. The molecular weight excluding hydrogens is 430 g/mol. The molecule has 165 valence electrons. The highest BCUT2D eigenvalue weighted by Gasteiger charge is 2.46. The van der Waals surface area contributed by atoms with Crippen LogP contribution in [0, 0.1) is 0 Å². The summed E-state index contributed by atoms with van der Waals surface area (Å²) in [5, 5.41) is 1.03. The van der Waals surface area contributed by atoms with Crippen LogP contribution in [-0.4, -0.2) is 61.4 Å². The number of para-hydroxylation sites is 1. The largest absolute Gasteiger partial charge is 0.465 e. The number of benzene rings is 2. The first kappa shape index (κ1) is 25.1. The predicted molar refractivity (Wildman–Crippen MR) is 124 cm³/mol. The van der Waals surface area contributed by atoms with E-state index in [1.54, 1.807) is 29.2 Å². The van der Waals surface area contributed by atoms with Crippen molar-refractivity contribution < 1.29 is 29.3 Å². The van der Waals surface area contributed by atoms with Gasteiger partial charge < -0.3 is 24.8 Å². The zero-order valence-corrected chi connectivity index (χ0v) is 18.9. The Bertz CT molecular complexity index is 1160. The van der Waals surface area contributed by atoms with Gasteiger partial charge in [-0.3, -0.25) is 4.79 Å². The van der Waals surface area contributed by atoms with Gasteiger partial charge in [0.2, 0.25) is 0 Å². The molecule has 0 spiro atoms. The highest BCUT2D eigenvalue weighted by Crippen LogP contribution is 2.42. The molecule has 0 saturated carbocycles. The number of carbonyl (C=O) groups excluding carboxylic acids is 3. The second kappa shape index (κ2) is 9.55. The maximum Gasteiger partial charge on any atom is 0.337 e. The zero-order chi connectivity index (χ0) is 20.1. The minimum Gasteiger partial charge on any atom is -0.465 e. The van der Waals surface area contributed by atoms with Crippen LogP contribution in [0.1, 0.15) is 33.2 Å². The van der Waals surface area contributed by atoms with Gasteiger partial charge in [-0.05, 0) is 29.3 Å². The maximum atomic E-state index is 12.8. The van der Waals surface area contributed by atoms with Crippen LogP contribution in [0.3, 0.4) is 0 Å². The Balaban J connectivity index is 0.00000121. The Morgan fingerprint density at radius 2 is 1.81 bits per heavy atom. The molecule has 2 aliphatic rings. The van der Waals surface area contributed by atoms with Crippen LogP contribution in [0.2, 0.25) is 0 Å². The number of fused-ring (bicyclic) bond motifs is 4. The highest BCUT2D eigenvalue weighted by molar-refractivity contribution is 6.92. The third kappa shape index (κ3) is 3.78. The maximum absolute atomic E-state index is 12.8. The van der Waals surface area contributed by atoms with E-state index in [0.29, 0.717) is 12.0 Å². The van der Waals surface area contributed by atoms with Gasteiger partial charge in [-0.15, -0.1) is 0 Å². The van der Waals surface area contributed by atoms with Crippen LogP contribution in [0.5, 0.6) is 0 Å². The standard InChI is InChI=1S/C22H18N2O5.B.H2O.H3P/c1-28-21(26)13-8-6-12(7-9-13)20-19-15(14-4-2-3-5-16(14)23-19)10-17-22(27)29-11-18(25)24(17)20;;;/h2-9,17,20,23H,10-11H2,1H3;;1H2;1H3. The highest BCUT2D eigenvalue weighted by atomic mass is 31.0. The van der Waals surface area contributed by atoms with Gasteiger partial charge in [-0.2, -0.15) is 9.90 Å². The summed E-state index contributed by atoms with van der Waals surface area (Å²) in [6.07, 6.45) is 0.403. The molecule has 32 heavy (non-hydrogen) atoms. The number of nitrogens with one attached hydrogen (secondary N) is 1. The SMILES string of the molecule is COC(=O)c1ccc(C2c3[nH]c4ccccc4c3CC3C(=O)OCC(=O)N32)cc1.O.P.[B]. The fourth-order valence-corrected chi connectivity index (χ4v) is 4.35. The first-order valence-electron chi connectivity index (χ1n) is 9.34. The Kier molecular flexibility index (Phi) is 7.49. The van der Waals surface area contributed by atoms with Crippen molar-refractivity contribution in [2.45, 2.75) is 18.5 Å². The summed E-state index contributed by atoms with van der Waals surface area (Å²) in [6, 6.07) is 13.7. The van der Waals surface area contributed by atoms with Gasteiger partial charge in [0.25, 0.3) is 5.91 Å². The first-order valence-corrected chi connectivity index (χ1v) is 9.34. The number of esters is 2. The molecule has 5 rings (SSSR count). The summed E-state index contributed by atoms with van der Waals surface area (Å²) >= 11 is 0. The lowest BCUT2D eigenvalue weighted by atomic mass is 9.87. The van der Waals surface area contributed by atoms with Crippen molar-refractivity contribution in [1.82, 2.24) is 9.88 Å². The second-order valence-electron chi connectivity index (χ2n) is 7.21. The van der Waals surface area contributed by atoms with E-state index in [-0.39, 0.29) is 36.3 Å². The molecule has 1 saturated heterocycles. The molecule has 3 N–H and O–H groups in total. The molecule has 3 radical (unpaired) electrons. The lowest BCUT2D eigenvalue weighted by Gasteiger charge is -2.43. The van der Waals surface area contributed by atoms with E-state index in [4.69, 9.17) is 9.47 Å². The second-order valence-corrected chi connectivity index (χ2v) is 7.21. The quantitative estimate of drug-likeness (QED) is 0.355. The number of methoxy groups -OCH3 is 1. The summed E-state index contributed by atoms with van der Waals surface area (Å²) < 4.78 is 9.87. The van der Waals surface area contributed by atoms with Gasteiger partial charge in [0.1, 0.15) is 6.04 Å². The molecule has 2 aromatic carbocycles. The van der Waals surface area contributed by atoms with Crippen molar-refractivity contribution in [2.24, 2.45) is 0 Å². The molecule has 1 fully saturated rings. The number of hydrogen-bond donors (Lipinski definition) is 1. The molecule has 0 bridgehead atoms. The van der Waals surface area contributed by atoms with E-state index >= 15 is 0 Å². The van der Waals surface area contributed by atoms with Crippen molar-refractivity contribution in [1.29, 1.82) is 0 Å². The van der Waals surface area contributed by atoms with E-state index in [2.05, 4.69) is 4.98 Å². The Labute approximate surface area is 189 Å². The summed E-state index contributed by atoms with van der Waals surface area (Å²) in [7, 11) is 1.33. The average molecular weight is 453 g/mol. The van der Waals surface area contributed by atoms with Crippen molar-refractivity contribution in [3.63, 3.8) is 0 Å². The molecule has 1 amide bonds. The minimum atomic E-state index is -0.673. The molecule has 2 aliphatic heterocycles. The van der Waals surface area contributed by atoms with Crippen molar-refractivity contribution >= 4 is 47.1 Å². The number of rotatable bonds is 2. The van der Waals surface area contributed by atoms with Crippen LogP contribution < -0.4 is 0 Å². The van der Waals surface area contributed by atoms with Crippen LogP contribution in [0.4, 0.5) is 0 Å². The summed E-state index contributed by atoms with van der Waals surface area (Å²) in [4.78, 5) is 42.1. The monoisotopic (exact) mass is 453 g/mol. The lowest BCUT2D eigenvalue weighted by molar-refractivity contribution is -0.171. The van der Waals surface area contributed by atoms with Gasteiger partial charge in [-0.1, -0.05) is 30.3 Å². The van der Waals surface area contributed by atoms with Crippen LogP contribution in [-0.2, 0) is 25.5 Å². The fourth-order valence-electron chi connectivity index (χ4n) is 4.35. The zero-order valence-electron chi connectivity index (χ0n) is 17.5. The summed E-state index contributed by atoms with van der Waals surface area (Å²) in [6.45, 7) is -0.262. The molecule has 3 unspecified atom stereocenters. The molecule has 8 nitrogen and oxygen atoms in total. The summed E-state index contributed by atoms with van der Waals surface area (Å²) in [5.41, 5.74) is 4.07. The normalized spacial score (nSPS) is 18.8. The van der Waals surface area contributed by atoms with Crippen molar-refractivity contribution in [3.8, 4) is 0 Å². The number of aromatic nitrogens is 1. The van der Waals surface area contributed by atoms with Gasteiger partial charge >= 0.3 is 11.9 Å². The number of aromatic amines is 1. The van der Waals surface area contributed by atoms with Crippen LogP contribution in [0.25, 0.3) is 10.9 Å². The van der Waals surface area contributed by atoms with Gasteiger partial charge in [0, 0.05) is 31.4 Å². The topological polar surface area (TPSA) is 120 Å². The van der Waals surface area contributed by atoms with Crippen LogP contribution in [0.15, 0.2) is 48.5 Å². The smallest absolute Gasteiger partial charge is 0.337 e. The molecule has 3 atom stereocenters. The predicted octanol–water partition coefficient (Wildman–Crippen LogP) is 1.21. The fraction of sp³-hybridized carbons (Fsp3) is 0.227. The average Bonchev–Trinajstić information content (AvgIpc) is 3.13. The van der Waals surface area contributed by atoms with Crippen molar-refractivity contribution in [3.05, 3.63) is 70.9 Å². The number of ether oxygens (including phenoxy) is 2. The lowest BCUT2D eigenvalue weighted by Crippen LogP contribution is -2.57. The number of morpholine rings is 1. The molecule has 10 heteroatoms. The number of H-pyrrole nitrogens is 1. The third-order valence-corrected chi connectivity index (χ3v) is 5.68. The first-order chi connectivity index (χ1) is 14.1. The van der Waals surface area contributed by atoms with E-state index in [9.17, 15) is 14.4 Å². The number of carbonyl (C=O) groups is 3. The Morgan fingerprint density at radius 3 is 2.50 bits per heavy atom. The molecular formula is C22H23BN2O6P. The van der Waals surface area contributed by atoms with Crippen LogP contribution >= 0.6 is 9.90 Å². The molecule has 1 aromatic heterocycles. The summed E-state index contributed by atoms with van der Waals surface area (Å²) in [5.74, 6) is -1.06. The van der Waals surface area contributed by atoms with E-state index in [1.807, 2.05) is 24.3 Å². The number of hydrogen-bond acceptors (Lipinski definition) is 5. The van der Waals surface area contributed by atoms with Crippen molar-refractivity contribution in [2.75, 3.05) is 13.7 Å².